The molecule has 10 nitrogen and oxygen atoms in total. The number of alkyl halides is 3. The molecule has 2 amide bonds. The predicted molar refractivity (Wildman–Crippen MR) is 178 cm³/mol. The molecule has 0 aliphatic carbocycles. The van der Waals surface area contributed by atoms with Gasteiger partial charge in [-0.05, 0) is 73.7 Å². The topological polar surface area (TPSA) is 93.0 Å². The third-order valence-corrected chi connectivity index (χ3v) is 8.48. The first-order valence-corrected chi connectivity index (χ1v) is 15.8. The van der Waals surface area contributed by atoms with Crippen molar-refractivity contribution >= 4 is 28.4 Å². The molecule has 13 heteroatoms. The summed E-state index contributed by atoms with van der Waals surface area (Å²) < 4.78 is 52.0. The van der Waals surface area contributed by atoms with E-state index >= 15 is 0 Å². The molecule has 2 aromatic carbocycles. The molecule has 6 rings (SSSR count). The highest BCUT2D eigenvalue weighted by molar-refractivity contribution is 6.05. The number of anilines is 1. The number of piperazine rings is 1. The molecule has 4 heterocycles. The Bertz CT molecular complexity index is 1940. The van der Waals surface area contributed by atoms with Crippen LogP contribution in [0.25, 0.3) is 10.9 Å². The largest absolute Gasteiger partial charge is 0.492 e. The molecule has 0 spiro atoms. The number of halogens is 3. The zero-order valence-corrected chi connectivity index (χ0v) is 27.3. The maximum atomic E-state index is 13.6. The fraction of sp³-hybridized carbons (Fsp3) is 0.278. The fourth-order valence-electron chi connectivity index (χ4n) is 5.72. The number of pyridine rings is 2. The molecule has 0 N–H and O–H groups in total. The molecule has 0 bridgehead atoms. The minimum absolute atomic E-state index is 0.0350. The Morgan fingerprint density at radius 3 is 2.24 bits per heavy atom. The SMILES string of the molecule is CCOc1ccc(CN2CCN(C(=O)c3cc4cc(Oc5ccc(N(C)C(=O)c6ccc(C(F)(F)F)cc6)cn5)ccc4n3C)CC2)nc1. The summed E-state index contributed by atoms with van der Waals surface area (Å²) in [4.78, 5) is 40.7. The zero-order chi connectivity index (χ0) is 34.7. The lowest BCUT2D eigenvalue weighted by Gasteiger charge is -2.34. The average Bonchev–Trinajstić information content (AvgIpc) is 3.43. The van der Waals surface area contributed by atoms with Gasteiger partial charge in [0, 0.05) is 69.4 Å². The third-order valence-electron chi connectivity index (χ3n) is 8.48. The number of carbonyl (C=O) groups excluding carboxylic acids is 2. The summed E-state index contributed by atoms with van der Waals surface area (Å²) in [6.45, 7) is 5.95. The van der Waals surface area contributed by atoms with Crippen molar-refractivity contribution in [1.29, 1.82) is 0 Å². The van der Waals surface area contributed by atoms with Crippen LogP contribution in [0.5, 0.6) is 17.4 Å². The molecule has 49 heavy (non-hydrogen) atoms. The number of nitrogens with zero attached hydrogens (tertiary/aromatic N) is 6. The van der Waals surface area contributed by atoms with E-state index in [0.29, 0.717) is 43.4 Å². The van der Waals surface area contributed by atoms with Crippen LogP contribution in [0.15, 0.2) is 85.2 Å². The Morgan fingerprint density at radius 2 is 1.61 bits per heavy atom. The molecule has 0 radical (unpaired) electrons. The molecule has 0 saturated carbocycles. The van der Waals surface area contributed by atoms with Gasteiger partial charge in [-0.15, -0.1) is 0 Å². The average molecular weight is 673 g/mol. The van der Waals surface area contributed by atoms with Gasteiger partial charge in [0.15, 0.2) is 0 Å². The van der Waals surface area contributed by atoms with E-state index in [9.17, 15) is 22.8 Å². The molecule has 3 aromatic heterocycles. The van der Waals surface area contributed by atoms with Gasteiger partial charge in [-0.25, -0.2) is 4.98 Å². The quantitative estimate of drug-likeness (QED) is 0.179. The van der Waals surface area contributed by atoms with Crippen LogP contribution in [0.4, 0.5) is 18.9 Å². The maximum Gasteiger partial charge on any atom is 0.416 e. The number of fused-ring (bicyclic) bond motifs is 1. The summed E-state index contributed by atoms with van der Waals surface area (Å²) >= 11 is 0. The molecule has 0 atom stereocenters. The standard InChI is InChI=1S/C36H35F3N6O4/c1-4-48-30-11-9-27(40-22-30)23-44-15-17-45(18-16-44)35(47)32-20-25-19-29(12-13-31(25)43(32)3)49-33-14-10-28(21-41-33)42(2)34(46)24-5-7-26(8-6-24)36(37,38)39/h5-14,19-22H,4,15-18,23H2,1-3H3. The van der Waals surface area contributed by atoms with Crippen molar-refractivity contribution in [3.63, 3.8) is 0 Å². The molecular weight excluding hydrogens is 637 g/mol. The van der Waals surface area contributed by atoms with Crippen LogP contribution in [-0.4, -0.2) is 76.0 Å². The van der Waals surface area contributed by atoms with Gasteiger partial charge in [0.2, 0.25) is 5.88 Å². The van der Waals surface area contributed by atoms with Crippen molar-refractivity contribution in [2.45, 2.75) is 19.6 Å². The van der Waals surface area contributed by atoms with Crippen molar-refractivity contribution in [3.05, 3.63) is 108 Å². The lowest BCUT2D eigenvalue weighted by molar-refractivity contribution is -0.137. The van der Waals surface area contributed by atoms with E-state index < -0.39 is 17.6 Å². The van der Waals surface area contributed by atoms with Gasteiger partial charge < -0.3 is 23.8 Å². The second-order valence-corrected chi connectivity index (χ2v) is 11.7. The first kappa shape index (κ1) is 33.5. The van der Waals surface area contributed by atoms with Crippen LogP contribution in [-0.2, 0) is 19.8 Å². The van der Waals surface area contributed by atoms with E-state index in [2.05, 4.69) is 14.9 Å². The van der Waals surface area contributed by atoms with Crippen LogP contribution < -0.4 is 14.4 Å². The van der Waals surface area contributed by atoms with Gasteiger partial charge >= 0.3 is 6.18 Å². The molecule has 5 aromatic rings. The van der Waals surface area contributed by atoms with E-state index in [1.807, 2.05) is 53.8 Å². The fourth-order valence-corrected chi connectivity index (χ4v) is 5.72. The van der Waals surface area contributed by atoms with Crippen LogP contribution in [0, 0.1) is 0 Å². The summed E-state index contributed by atoms with van der Waals surface area (Å²) in [6.07, 6.45) is -1.29. The van der Waals surface area contributed by atoms with E-state index in [0.717, 1.165) is 59.7 Å². The monoisotopic (exact) mass is 672 g/mol. The van der Waals surface area contributed by atoms with Crippen molar-refractivity contribution in [3.8, 4) is 17.4 Å². The lowest BCUT2D eigenvalue weighted by Crippen LogP contribution is -2.48. The predicted octanol–water partition coefficient (Wildman–Crippen LogP) is 6.41. The highest BCUT2D eigenvalue weighted by atomic mass is 19.4. The van der Waals surface area contributed by atoms with Gasteiger partial charge in [-0.2, -0.15) is 13.2 Å². The van der Waals surface area contributed by atoms with Gasteiger partial charge in [0.05, 0.1) is 35.9 Å². The number of hydrogen-bond acceptors (Lipinski definition) is 7. The normalized spacial score (nSPS) is 13.8. The molecule has 1 aliphatic rings. The Balaban J connectivity index is 1.06. The summed E-state index contributed by atoms with van der Waals surface area (Å²) in [7, 11) is 3.38. The van der Waals surface area contributed by atoms with E-state index in [4.69, 9.17) is 9.47 Å². The Morgan fingerprint density at radius 1 is 0.878 bits per heavy atom. The summed E-state index contributed by atoms with van der Waals surface area (Å²) in [5.74, 6) is 1.04. The van der Waals surface area contributed by atoms with Crippen LogP contribution >= 0.6 is 0 Å². The highest BCUT2D eigenvalue weighted by Gasteiger charge is 2.30. The van der Waals surface area contributed by atoms with E-state index in [1.54, 1.807) is 24.4 Å². The number of aromatic nitrogens is 3. The first-order chi connectivity index (χ1) is 23.5. The van der Waals surface area contributed by atoms with Crippen molar-refractivity contribution < 1.29 is 32.2 Å². The van der Waals surface area contributed by atoms with Gasteiger partial charge in [-0.3, -0.25) is 19.5 Å². The molecule has 1 saturated heterocycles. The Labute approximate surface area is 281 Å². The third kappa shape index (κ3) is 7.51. The number of benzene rings is 2. The first-order valence-electron chi connectivity index (χ1n) is 15.8. The molecule has 254 valence electrons. The van der Waals surface area contributed by atoms with Gasteiger partial charge in [0.25, 0.3) is 11.8 Å². The van der Waals surface area contributed by atoms with Crippen LogP contribution in [0.3, 0.4) is 0 Å². The van der Waals surface area contributed by atoms with E-state index in [1.165, 1.54) is 18.1 Å². The molecule has 1 fully saturated rings. The number of carbonyl (C=O) groups is 2. The smallest absolute Gasteiger partial charge is 0.416 e. The second-order valence-electron chi connectivity index (χ2n) is 11.7. The Kier molecular flexibility index (Phi) is 9.54. The number of rotatable bonds is 9. The van der Waals surface area contributed by atoms with Crippen molar-refractivity contribution in [2.75, 3.05) is 44.7 Å². The maximum absolute atomic E-state index is 13.6. The van der Waals surface area contributed by atoms with Crippen LogP contribution in [0.2, 0.25) is 0 Å². The van der Waals surface area contributed by atoms with Gasteiger partial charge in [-0.1, -0.05) is 0 Å². The minimum atomic E-state index is -4.48. The molecule has 0 unspecified atom stereocenters. The van der Waals surface area contributed by atoms with Crippen molar-refractivity contribution in [1.82, 2.24) is 24.3 Å². The highest BCUT2D eigenvalue weighted by Crippen LogP contribution is 2.30. The lowest BCUT2D eigenvalue weighted by atomic mass is 10.1. The van der Waals surface area contributed by atoms with Crippen molar-refractivity contribution in [2.24, 2.45) is 7.05 Å². The summed E-state index contributed by atoms with van der Waals surface area (Å²) in [6, 6.07) is 18.6. The zero-order valence-electron chi connectivity index (χ0n) is 27.3. The minimum Gasteiger partial charge on any atom is -0.492 e. The number of hydrogen-bond donors (Lipinski definition) is 0. The number of amides is 2. The van der Waals surface area contributed by atoms with Crippen LogP contribution in [0.1, 0.15) is 39.0 Å². The number of aryl methyl sites for hydroxylation is 1. The Hall–Kier alpha value is -5.43. The molecular formula is C36H35F3N6O4. The van der Waals surface area contributed by atoms with Gasteiger partial charge in [0.1, 0.15) is 17.2 Å². The summed E-state index contributed by atoms with van der Waals surface area (Å²) in [5, 5.41) is 0.835. The number of ether oxygens (including phenoxy) is 2. The molecule has 1 aliphatic heterocycles. The second kappa shape index (κ2) is 14.0. The van der Waals surface area contributed by atoms with E-state index in [-0.39, 0.29) is 17.4 Å². The summed E-state index contributed by atoms with van der Waals surface area (Å²) in [5.41, 5.74) is 2.15.